The molecule has 0 saturated heterocycles. The molecule has 3 nitrogen and oxygen atoms in total. The van der Waals surface area contributed by atoms with Crippen LogP contribution in [0.1, 0.15) is 42.5 Å². The van der Waals surface area contributed by atoms with Crippen LogP contribution >= 0.6 is 0 Å². The van der Waals surface area contributed by atoms with E-state index in [1.807, 2.05) is 0 Å². The Morgan fingerprint density at radius 2 is 2.05 bits per heavy atom. The Bertz CT molecular complexity index is 448. The van der Waals surface area contributed by atoms with E-state index >= 15 is 0 Å². The lowest BCUT2D eigenvalue weighted by Crippen LogP contribution is -2.28. The first-order valence-corrected chi connectivity index (χ1v) is 9.21. The summed E-state index contributed by atoms with van der Waals surface area (Å²) in [6.45, 7) is 8.04. The van der Waals surface area contributed by atoms with Crippen molar-refractivity contribution >= 4 is 10.8 Å². The molecule has 1 N–H and O–H groups in total. The summed E-state index contributed by atoms with van der Waals surface area (Å²) in [5.41, 5.74) is 3.84. The second-order valence-electron chi connectivity index (χ2n) is 5.51. The van der Waals surface area contributed by atoms with Crippen molar-refractivity contribution in [3.05, 3.63) is 34.9 Å². The number of hydrogen-bond donors (Lipinski definition) is 1. The van der Waals surface area contributed by atoms with Gasteiger partial charge in [0, 0.05) is 42.1 Å². The quantitative estimate of drug-likeness (QED) is 0.675. The Labute approximate surface area is 131 Å². The predicted molar refractivity (Wildman–Crippen MR) is 91.3 cm³/mol. The molecule has 0 radical (unpaired) electrons. The van der Waals surface area contributed by atoms with Crippen LogP contribution in [0, 0.1) is 13.8 Å². The fraction of sp³-hybridized carbons (Fsp3) is 0.647. The molecule has 0 heterocycles. The number of hydrogen-bond acceptors (Lipinski definition) is 3. The zero-order chi connectivity index (χ0) is 15.7. The third-order valence-electron chi connectivity index (χ3n) is 3.65. The Kier molecular flexibility index (Phi) is 8.81. The smallest absolute Gasteiger partial charge is 0.0471 e. The summed E-state index contributed by atoms with van der Waals surface area (Å²) >= 11 is 0. The van der Waals surface area contributed by atoms with Crippen LogP contribution in [0.4, 0.5) is 0 Å². The average molecular weight is 311 g/mol. The van der Waals surface area contributed by atoms with Crippen molar-refractivity contribution in [2.24, 2.45) is 0 Å². The van der Waals surface area contributed by atoms with Gasteiger partial charge in [0.25, 0.3) is 0 Å². The summed E-state index contributed by atoms with van der Waals surface area (Å²) in [6, 6.07) is 6.70. The van der Waals surface area contributed by atoms with Crippen LogP contribution in [0.25, 0.3) is 0 Å². The summed E-state index contributed by atoms with van der Waals surface area (Å²) < 4.78 is 17.3. The number of methoxy groups -OCH3 is 1. The first-order valence-electron chi connectivity index (χ1n) is 7.73. The Balaban J connectivity index is 2.70. The topological polar surface area (TPSA) is 38.3 Å². The molecule has 0 spiro atoms. The van der Waals surface area contributed by atoms with Gasteiger partial charge in [-0.05, 0) is 49.9 Å². The van der Waals surface area contributed by atoms with E-state index in [4.69, 9.17) is 4.74 Å². The fourth-order valence-electron chi connectivity index (χ4n) is 2.21. The SMILES string of the molecule is CCCNC(CS(=O)CCCOC)c1ccc(C)c(C)c1. The molecule has 0 aliphatic carbocycles. The van der Waals surface area contributed by atoms with Gasteiger partial charge in [0.05, 0.1) is 0 Å². The van der Waals surface area contributed by atoms with Crippen LogP contribution in [-0.2, 0) is 15.5 Å². The molecule has 120 valence electrons. The van der Waals surface area contributed by atoms with Gasteiger partial charge in [0.15, 0.2) is 0 Å². The van der Waals surface area contributed by atoms with Crippen LogP contribution in [0.3, 0.4) is 0 Å². The first-order chi connectivity index (χ1) is 10.1. The average Bonchev–Trinajstić information content (AvgIpc) is 2.46. The maximum Gasteiger partial charge on any atom is 0.0471 e. The molecule has 1 rings (SSSR count). The predicted octanol–water partition coefficient (Wildman–Crippen LogP) is 3.13. The number of aryl methyl sites for hydroxylation is 2. The molecule has 0 aliphatic heterocycles. The van der Waals surface area contributed by atoms with Gasteiger partial charge in [0.2, 0.25) is 0 Å². The van der Waals surface area contributed by atoms with E-state index in [9.17, 15) is 4.21 Å². The lowest BCUT2D eigenvalue weighted by molar-refractivity contribution is 0.200. The van der Waals surface area contributed by atoms with Gasteiger partial charge in [0.1, 0.15) is 0 Å². The largest absolute Gasteiger partial charge is 0.385 e. The number of rotatable bonds is 10. The van der Waals surface area contributed by atoms with E-state index in [-0.39, 0.29) is 6.04 Å². The Morgan fingerprint density at radius 3 is 2.67 bits per heavy atom. The molecule has 1 aromatic rings. The van der Waals surface area contributed by atoms with E-state index in [1.165, 1.54) is 16.7 Å². The van der Waals surface area contributed by atoms with Crippen molar-refractivity contribution < 1.29 is 8.95 Å². The first kappa shape index (κ1) is 18.3. The van der Waals surface area contributed by atoms with Gasteiger partial charge in [-0.3, -0.25) is 4.21 Å². The van der Waals surface area contributed by atoms with Crippen molar-refractivity contribution in [2.75, 3.05) is 31.8 Å². The second-order valence-corrected chi connectivity index (χ2v) is 7.13. The highest BCUT2D eigenvalue weighted by molar-refractivity contribution is 7.85. The van der Waals surface area contributed by atoms with Crippen LogP contribution in [0.2, 0.25) is 0 Å². The maximum absolute atomic E-state index is 12.2. The van der Waals surface area contributed by atoms with Crippen molar-refractivity contribution in [1.29, 1.82) is 0 Å². The number of benzene rings is 1. The Hall–Kier alpha value is -0.710. The number of nitrogens with one attached hydrogen (secondary N) is 1. The van der Waals surface area contributed by atoms with Gasteiger partial charge in [-0.25, -0.2) is 0 Å². The van der Waals surface area contributed by atoms with Crippen molar-refractivity contribution in [3.63, 3.8) is 0 Å². The highest BCUT2D eigenvalue weighted by Crippen LogP contribution is 2.18. The summed E-state index contributed by atoms with van der Waals surface area (Å²) in [4.78, 5) is 0. The summed E-state index contributed by atoms with van der Waals surface area (Å²) in [6.07, 6.45) is 1.94. The third kappa shape index (κ3) is 6.72. The molecule has 0 aliphatic rings. The highest BCUT2D eigenvalue weighted by Gasteiger charge is 2.15. The molecule has 1 aromatic carbocycles. The molecule has 2 unspecified atom stereocenters. The lowest BCUT2D eigenvalue weighted by Gasteiger charge is -2.20. The molecular weight excluding hydrogens is 282 g/mol. The van der Waals surface area contributed by atoms with Crippen LogP contribution < -0.4 is 5.32 Å². The third-order valence-corrected chi connectivity index (χ3v) is 5.10. The molecular formula is C17H29NO2S. The van der Waals surface area contributed by atoms with E-state index in [0.29, 0.717) is 18.1 Å². The zero-order valence-corrected chi connectivity index (χ0v) is 14.6. The molecule has 0 aromatic heterocycles. The zero-order valence-electron chi connectivity index (χ0n) is 13.8. The minimum absolute atomic E-state index is 0.174. The highest BCUT2D eigenvalue weighted by atomic mass is 32.2. The standard InChI is InChI=1S/C17H29NO2S/c1-5-9-18-17(13-21(19)11-6-10-20-4)16-8-7-14(2)15(3)12-16/h7-8,12,17-18H,5-6,9-11,13H2,1-4H3. The van der Waals surface area contributed by atoms with Crippen LogP contribution in [-0.4, -0.2) is 36.0 Å². The van der Waals surface area contributed by atoms with Gasteiger partial charge >= 0.3 is 0 Å². The lowest BCUT2D eigenvalue weighted by atomic mass is 10.0. The monoisotopic (exact) mass is 311 g/mol. The van der Waals surface area contributed by atoms with Crippen LogP contribution in [0.15, 0.2) is 18.2 Å². The van der Waals surface area contributed by atoms with Gasteiger partial charge in [-0.2, -0.15) is 0 Å². The van der Waals surface area contributed by atoms with Gasteiger partial charge < -0.3 is 10.1 Å². The minimum atomic E-state index is -0.810. The van der Waals surface area contributed by atoms with Gasteiger partial charge in [-0.1, -0.05) is 25.1 Å². The summed E-state index contributed by atoms with van der Waals surface area (Å²) in [5, 5.41) is 3.53. The molecule has 0 bridgehead atoms. The Morgan fingerprint density at radius 1 is 1.29 bits per heavy atom. The normalized spacial score (nSPS) is 14.1. The molecule has 4 heteroatoms. The summed E-state index contributed by atoms with van der Waals surface area (Å²) in [7, 11) is 0.874. The van der Waals surface area contributed by atoms with E-state index < -0.39 is 10.8 Å². The van der Waals surface area contributed by atoms with Gasteiger partial charge in [-0.15, -0.1) is 0 Å². The number of ether oxygens (including phenoxy) is 1. The molecule has 0 amide bonds. The second kappa shape index (κ2) is 10.1. The molecule has 0 fully saturated rings. The van der Waals surface area contributed by atoms with Crippen molar-refractivity contribution in [3.8, 4) is 0 Å². The minimum Gasteiger partial charge on any atom is -0.385 e. The van der Waals surface area contributed by atoms with E-state index in [1.54, 1.807) is 7.11 Å². The van der Waals surface area contributed by atoms with E-state index in [2.05, 4.69) is 44.3 Å². The molecule has 0 saturated carbocycles. The molecule has 2 atom stereocenters. The van der Waals surface area contributed by atoms with Crippen molar-refractivity contribution in [1.82, 2.24) is 5.32 Å². The van der Waals surface area contributed by atoms with Crippen molar-refractivity contribution in [2.45, 2.75) is 39.7 Å². The van der Waals surface area contributed by atoms with Crippen LogP contribution in [0.5, 0.6) is 0 Å². The molecule has 21 heavy (non-hydrogen) atoms. The summed E-state index contributed by atoms with van der Waals surface area (Å²) in [5.74, 6) is 1.38. The van der Waals surface area contributed by atoms with E-state index in [0.717, 1.165) is 19.4 Å². The fourth-order valence-corrected chi connectivity index (χ4v) is 3.49. The maximum atomic E-state index is 12.2.